The van der Waals surface area contributed by atoms with E-state index < -0.39 is 23.5 Å². The number of piperidine rings is 1. The van der Waals surface area contributed by atoms with Gasteiger partial charge in [-0.3, -0.25) is 4.98 Å². The molecule has 0 aliphatic carbocycles. The van der Waals surface area contributed by atoms with Gasteiger partial charge in [0.1, 0.15) is 12.4 Å². The molecule has 2 aromatic carbocycles. The Labute approximate surface area is 232 Å². The maximum Gasteiger partial charge on any atom is 0.418 e. The summed E-state index contributed by atoms with van der Waals surface area (Å²) >= 11 is 0. The van der Waals surface area contributed by atoms with Gasteiger partial charge < -0.3 is 15.0 Å². The molecule has 0 atom stereocenters. The Kier molecular flexibility index (Phi) is 8.14. The number of anilines is 2. The second kappa shape index (κ2) is 11.6. The number of nitrogens with one attached hydrogen (secondary N) is 1. The molecule has 0 spiro atoms. The number of rotatable bonds is 7. The van der Waals surface area contributed by atoms with Crippen molar-refractivity contribution in [3.63, 3.8) is 0 Å². The third-order valence-electron chi connectivity index (χ3n) is 7.03. The number of hydrogen-bond acceptors (Lipinski definition) is 6. The molecule has 0 bridgehead atoms. The maximum atomic E-state index is 13.7. The zero-order valence-electron chi connectivity index (χ0n) is 22.1. The smallest absolute Gasteiger partial charge is 0.373 e. The predicted molar refractivity (Wildman–Crippen MR) is 142 cm³/mol. The van der Waals surface area contributed by atoms with Crippen molar-refractivity contribution in [1.82, 2.24) is 19.9 Å². The van der Waals surface area contributed by atoms with Crippen molar-refractivity contribution in [2.45, 2.75) is 31.8 Å². The van der Waals surface area contributed by atoms with Gasteiger partial charge in [0.2, 0.25) is 0 Å². The number of alkyl halides is 6. The van der Waals surface area contributed by atoms with Crippen LogP contribution in [0.15, 0.2) is 60.8 Å². The van der Waals surface area contributed by atoms with Crippen LogP contribution in [0.2, 0.25) is 0 Å². The molecule has 2 aromatic heterocycles. The van der Waals surface area contributed by atoms with Crippen LogP contribution >= 0.6 is 0 Å². The molecule has 0 unspecified atom stereocenters. The van der Waals surface area contributed by atoms with Gasteiger partial charge in [0.15, 0.2) is 5.82 Å². The van der Waals surface area contributed by atoms with Gasteiger partial charge >= 0.3 is 12.4 Å². The Morgan fingerprint density at radius 1 is 0.927 bits per heavy atom. The van der Waals surface area contributed by atoms with Crippen LogP contribution in [0.4, 0.5) is 37.8 Å². The number of benzene rings is 2. The lowest BCUT2D eigenvalue weighted by atomic mass is 9.98. The van der Waals surface area contributed by atoms with Crippen molar-refractivity contribution in [3.8, 4) is 11.3 Å². The first-order valence-electron chi connectivity index (χ1n) is 13.0. The number of ether oxygens (including phenoxy) is 1. The van der Waals surface area contributed by atoms with Crippen molar-refractivity contribution >= 4 is 22.4 Å². The molecule has 216 valence electrons. The van der Waals surface area contributed by atoms with E-state index in [0.717, 1.165) is 44.1 Å². The Hall–Kier alpha value is -3.77. The normalized spacial score (nSPS) is 15.4. The van der Waals surface area contributed by atoms with Crippen LogP contribution in [0.25, 0.3) is 22.2 Å². The monoisotopic (exact) mass is 575 g/mol. The average Bonchev–Trinajstić information content (AvgIpc) is 2.93. The summed E-state index contributed by atoms with van der Waals surface area (Å²) in [6, 6.07) is 11.2. The number of nitrogens with zero attached hydrogens (tertiary/aromatic N) is 4. The summed E-state index contributed by atoms with van der Waals surface area (Å²) in [7, 11) is 2.07. The highest BCUT2D eigenvalue weighted by Gasteiger charge is 2.34. The second-order valence-electron chi connectivity index (χ2n) is 10.1. The molecule has 5 rings (SSSR count). The molecule has 1 fully saturated rings. The number of halogens is 6. The predicted octanol–water partition coefficient (Wildman–Crippen LogP) is 7.33. The Bertz CT molecular complexity index is 1500. The van der Waals surface area contributed by atoms with E-state index in [1.807, 2.05) is 0 Å². The fourth-order valence-electron chi connectivity index (χ4n) is 4.77. The first-order valence-corrected chi connectivity index (χ1v) is 13.0. The summed E-state index contributed by atoms with van der Waals surface area (Å²) in [4.78, 5) is 15.3. The number of fused-ring (bicyclic) bond motifs is 1. The molecule has 1 aliphatic rings. The van der Waals surface area contributed by atoms with Gasteiger partial charge in [-0.2, -0.15) is 26.3 Å². The fraction of sp³-hybridized carbons (Fsp3) is 0.345. The van der Waals surface area contributed by atoms with Crippen LogP contribution < -0.4 is 5.32 Å². The minimum Gasteiger partial charge on any atom is -0.373 e. The van der Waals surface area contributed by atoms with E-state index in [-0.39, 0.29) is 29.5 Å². The highest BCUT2D eigenvalue weighted by molar-refractivity contribution is 5.93. The first kappa shape index (κ1) is 28.7. The van der Waals surface area contributed by atoms with E-state index in [4.69, 9.17) is 4.74 Å². The second-order valence-corrected chi connectivity index (χ2v) is 10.1. The Balaban J connectivity index is 1.48. The van der Waals surface area contributed by atoms with Gasteiger partial charge in [-0.15, -0.1) is 0 Å². The summed E-state index contributed by atoms with van der Waals surface area (Å²) in [5, 5.41) is 3.50. The first-order chi connectivity index (χ1) is 19.5. The van der Waals surface area contributed by atoms with Crippen LogP contribution in [-0.4, -0.2) is 46.6 Å². The van der Waals surface area contributed by atoms with Crippen LogP contribution in [0, 0.1) is 5.92 Å². The van der Waals surface area contributed by atoms with Crippen molar-refractivity contribution in [1.29, 1.82) is 0 Å². The molecule has 0 amide bonds. The summed E-state index contributed by atoms with van der Waals surface area (Å²) in [5.74, 6) is 0.971. The van der Waals surface area contributed by atoms with Crippen LogP contribution in [0.1, 0.15) is 29.8 Å². The Morgan fingerprint density at radius 3 is 2.34 bits per heavy atom. The van der Waals surface area contributed by atoms with Crippen LogP contribution in [0.5, 0.6) is 0 Å². The van der Waals surface area contributed by atoms with E-state index in [9.17, 15) is 26.3 Å². The fourth-order valence-corrected chi connectivity index (χ4v) is 4.77. The summed E-state index contributed by atoms with van der Waals surface area (Å²) in [6.07, 6.45) is -5.79. The van der Waals surface area contributed by atoms with Gasteiger partial charge in [0.25, 0.3) is 0 Å². The van der Waals surface area contributed by atoms with E-state index >= 15 is 0 Å². The summed E-state index contributed by atoms with van der Waals surface area (Å²) in [6.45, 7) is 2.54. The van der Waals surface area contributed by atoms with Gasteiger partial charge in [-0.1, -0.05) is 6.07 Å². The zero-order chi connectivity index (χ0) is 29.2. The summed E-state index contributed by atoms with van der Waals surface area (Å²) < 4.78 is 86.0. The molecule has 1 N–H and O–H groups in total. The zero-order valence-corrected chi connectivity index (χ0v) is 22.1. The van der Waals surface area contributed by atoms with Crippen molar-refractivity contribution in [2.24, 2.45) is 5.92 Å². The SMILES string of the molecule is CN1CCC(COCc2nc(Nc3ccc(C(F)(F)F)cc3)c3ccc(-c4ncccc4C(F)(F)F)cc3n2)CC1. The van der Waals surface area contributed by atoms with Gasteiger partial charge in [0.05, 0.1) is 28.9 Å². The van der Waals surface area contributed by atoms with E-state index in [2.05, 4.69) is 32.2 Å². The van der Waals surface area contributed by atoms with Crippen LogP contribution in [-0.2, 0) is 23.7 Å². The van der Waals surface area contributed by atoms with Gasteiger partial charge in [-0.05, 0) is 87.4 Å². The highest BCUT2D eigenvalue weighted by atomic mass is 19.4. The average molecular weight is 576 g/mol. The van der Waals surface area contributed by atoms with Gasteiger partial charge in [0, 0.05) is 22.8 Å². The number of hydrogen-bond donors (Lipinski definition) is 1. The minimum atomic E-state index is -4.60. The minimum absolute atomic E-state index is 0.0611. The maximum absolute atomic E-state index is 13.7. The molecule has 41 heavy (non-hydrogen) atoms. The van der Waals surface area contributed by atoms with Gasteiger partial charge in [-0.25, -0.2) is 9.97 Å². The lowest BCUT2D eigenvalue weighted by Gasteiger charge is -2.28. The lowest BCUT2D eigenvalue weighted by Crippen LogP contribution is -2.32. The Morgan fingerprint density at radius 2 is 1.66 bits per heavy atom. The highest BCUT2D eigenvalue weighted by Crippen LogP contribution is 2.37. The largest absolute Gasteiger partial charge is 0.418 e. The molecule has 0 saturated carbocycles. The van der Waals surface area contributed by atoms with E-state index in [1.54, 1.807) is 6.07 Å². The molecule has 0 radical (unpaired) electrons. The molecule has 4 aromatic rings. The molecule has 3 heterocycles. The number of aromatic nitrogens is 3. The molecule has 1 saturated heterocycles. The third-order valence-corrected chi connectivity index (χ3v) is 7.03. The topological polar surface area (TPSA) is 63.2 Å². The number of pyridine rings is 1. The quantitative estimate of drug-likeness (QED) is 0.233. The molecule has 6 nitrogen and oxygen atoms in total. The molecule has 12 heteroatoms. The lowest BCUT2D eigenvalue weighted by molar-refractivity contribution is -0.138. The van der Waals surface area contributed by atoms with Crippen molar-refractivity contribution in [3.05, 3.63) is 77.7 Å². The van der Waals surface area contributed by atoms with E-state index in [1.165, 1.54) is 36.5 Å². The van der Waals surface area contributed by atoms with Crippen molar-refractivity contribution in [2.75, 3.05) is 32.1 Å². The third kappa shape index (κ3) is 6.94. The number of likely N-dealkylation sites (tertiary alicyclic amines) is 1. The molecular formula is C29H27F6N5O. The van der Waals surface area contributed by atoms with Crippen LogP contribution in [0.3, 0.4) is 0 Å². The van der Waals surface area contributed by atoms with E-state index in [0.29, 0.717) is 29.1 Å². The molecule has 1 aliphatic heterocycles. The standard InChI is InChI=1S/C29H27F6N5O/c1-40-13-10-18(11-14-40)16-41-17-25-38-24-15-19(26-23(29(33,34)35)3-2-12-36-26)4-9-22(24)27(39-25)37-21-7-5-20(6-8-21)28(30,31)32/h2-9,12,15,18H,10-11,13-14,16-17H2,1H3,(H,37,38,39). The van der Waals surface area contributed by atoms with Crippen molar-refractivity contribution < 1.29 is 31.1 Å². The molecular weight excluding hydrogens is 548 g/mol. The summed E-state index contributed by atoms with van der Waals surface area (Å²) in [5.41, 5.74) is -1.01.